The molecule has 4 aromatic rings. The van der Waals surface area contributed by atoms with E-state index in [1.54, 1.807) is 6.07 Å². The number of carbonyl (C=O) groups is 2. The average molecular weight is 597 g/mol. The zero-order valence-corrected chi connectivity index (χ0v) is 25.6. The smallest absolute Gasteiger partial charge is 0.303 e. The Hall–Kier alpha value is -4.08. The zero-order chi connectivity index (χ0) is 31.2. The lowest BCUT2D eigenvalue weighted by molar-refractivity contribution is -0.253. The molecule has 1 fully saturated rings. The number of aliphatic hydroxyl groups excluding tert-OH is 1. The van der Waals surface area contributed by atoms with Crippen molar-refractivity contribution in [1.82, 2.24) is 4.90 Å². The minimum absolute atomic E-state index is 0.0216. The van der Waals surface area contributed by atoms with Gasteiger partial charge in [-0.3, -0.25) is 14.5 Å². The van der Waals surface area contributed by atoms with Gasteiger partial charge in [-0.2, -0.15) is 0 Å². The molecule has 1 heterocycles. The average Bonchev–Trinajstić information content (AvgIpc) is 3.03. The minimum atomic E-state index is -0.922. The van der Waals surface area contributed by atoms with Crippen LogP contribution in [0.1, 0.15) is 67.9 Å². The van der Waals surface area contributed by atoms with E-state index in [1.807, 2.05) is 42.5 Å². The molecule has 5 unspecified atom stereocenters. The van der Waals surface area contributed by atoms with Crippen molar-refractivity contribution in [2.45, 2.75) is 64.4 Å². The lowest BCUT2D eigenvalue weighted by Crippen LogP contribution is -2.38. The van der Waals surface area contributed by atoms with E-state index in [0.29, 0.717) is 18.7 Å². The Labute approximate surface area is 258 Å². The van der Waals surface area contributed by atoms with Gasteiger partial charge in [0.15, 0.2) is 12.4 Å². The van der Waals surface area contributed by atoms with Crippen molar-refractivity contribution in [2.75, 3.05) is 18.9 Å². The Morgan fingerprint density at radius 1 is 0.932 bits per heavy atom. The summed E-state index contributed by atoms with van der Waals surface area (Å²) in [6, 6.07) is 30.3. The summed E-state index contributed by atoms with van der Waals surface area (Å²) >= 11 is 0. The molecule has 5 atom stereocenters. The topological polar surface area (TPSA) is 97.3 Å². The van der Waals surface area contributed by atoms with Crippen molar-refractivity contribution in [3.63, 3.8) is 0 Å². The van der Waals surface area contributed by atoms with Gasteiger partial charge in [0.25, 0.3) is 5.91 Å². The number of nitrogens with one attached hydrogen (secondary N) is 1. The SMILES string of the molecule is CC(=O)OC(C)C(=O)Nc1cccc(C2OC(CN(C)C(C)c3ccc4ccccc4c3)CC(c3ccc(CO)cc3)O2)c1. The number of likely N-dealkylation sites (N-methyl/N-ethyl adjacent to an activating group) is 1. The Balaban J connectivity index is 1.35. The molecule has 0 bridgehead atoms. The van der Waals surface area contributed by atoms with Crippen LogP contribution in [-0.4, -0.2) is 47.7 Å². The van der Waals surface area contributed by atoms with Crippen molar-refractivity contribution >= 4 is 28.3 Å². The number of fused-ring (bicyclic) bond motifs is 1. The first-order chi connectivity index (χ1) is 21.2. The van der Waals surface area contributed by atoms with Crippen molar-refractivity contribution in [3.8, 4) is 0 Å². The van der Waals surface area contributed by atoms with Crippen molar-refractivity contribution in [3.05, 3.63) is 113 Å². The normalized spacial score (nSPS) is 19.8. The number of carbonyl (C=O) groups excluding carboxylic acids is 2. The Bertz CT molecular complexity index is 1590. The first-order valence-electron chi connectivity index (χ1n) is 15.0. The molecular weight excluding hydrogens is 556 g/mol. The fourth-order valence-corrected chi connectivity index (χ4v) is 5.54. The molecule has 230 valence electrons. The summed E-state index contributed by atoms with van der Waals surface area (Å²) in [7, 11) is 2.11. The molecule has 1 aliphatic rings. The third kappa shape index (κ3) is 7.70. The second kappa shape index (κ2) is 14.1. The zero-order valence-electron chi connectivity index (χ0n) is 25.6. The van der Waals surface area contributed by atoms with Gasteiger partial charge in [0.2, 0.25) is 0 Å². The predicted octanol–water partition coefficient (Wildman–Crippen LogP) is 6.46. The maximum Gasteiger partial charge on any atom is 0.303 e. The van der Waals surface area contributed by atoms with Crippen LogP contribution < -0.4 is 5.32 Å². The lowest BCUT2D eigenvalue weighted by Gasteiger charge is -2.39. The number of anilines is 1. The molecule has 0 saturated carbocycles. The second-order valence-corrected chi connectivity index (χ2v) is 11.4. The third-order valence-electron chi connectivity index (χ3n) is 8.16. The van der Waals surface area contributed by atoms with Crippen LogP contribution in [0, 0.1) is 0 Å². The number of esters is 1. The molecule has 0 spiro atoms. The number of aliphatic hydroxyl groups is 1. The largest absolute Gasteiger partial charge is 0.453 e. The van der Waals surface area contributed by atoms with Crippen molar-refractivity contribution < 1.29 is 28.9 Å². The molecule has 44 heavy (non-hydrogen) atoms. The molecule has 1 amide bonds. The van der Waals surface area contributed by atoms with Crippen molar-refractivity contribution in [1.29, 1.82) is 0 Å². The number of ether oxygens (including phenoxy) is 3. The van der Waals surface area contributed by atoms with Crippen molar-refractivity contribution in [2.24, 2.45) is 0 Å². The van der Waals surface area contributed by atoms with Gasteiger partial charge in [0.05, 0.1) is 18.8 Å². The second-order valence-electron chi connectivity index (χ2n) is 11.4. The summed E-state index contributed by atoms with van der Waals surface area (Å²) < 4.78 is 18.1. The van der Waals surface area contributed by atoms with E-state index < -0.39 is 24.3 Å². The van der Waals surface area contributed by atoms with Crippen LogP contribution >= 0.6 is 0 Å². The van der Waals surface area contributed by atoms with Gasteiger partial charge < -0.3 is 24.6 Å². The molecular formula is C36H40N2O6. The number of amides is 1. The quantitative estimate of drug-likeness (QED) is 0.203. The summed E-state index contributed by atoms with van der Waals surface area (Å²) in [4.78, 5) is 26.2. The molecule has 8 nitrogen and oxygen atoms in total. The Kier molecular flexibility index (Phi) is 10.1. The van der Waals surface area contributed by atoms with Gasteiger partial charge in [-0.1, -0.05) is 72.8 Å². The van der Waals surface area contributed by atoms with Crippen LogP contribution in [0.5, 0.6) is 0 Å². The van der Waals surface area contributed by atoms with E-state index in [0.717, 1.165) is 16.7 Å². The highest BCUT2D eigenvalue weighted by Crippen LogP contribution is 2.39. The van der Waals surface area contributed by atoms with E-state index >= 15 is 0 Å². The van der Waals surface area contributed by atoms with Crippen LogP contribution in [0.25, 0.3) is 10.8 Å². The highest BCUT2D eigenvalue weighted by Gasteiger charge is 2.33. The lowest BCUT2D eigenvalue weighted by atomic mass is 9.98. The van der Waals surface area contributed by atoms with E-state index in [9.17, 15) is 14.7 Å². The van der Waals surface area contributed by atoms with E-state index in [-0.39, 0.29) is 24.9 Å². The van der Waals surface area contributed by atoms with Crippen LogP contribution in [-0.2, 0) is 30.4 Å². The first kappa shape index (κ1) is 31.3. The highest BCUT2D eigenvalue weighted by molar-refractivity contribution is 5.95. The molecule has 0 aromatic heterocycles. The molecule has 8 heteroatoms. The molecule has 2 N–H and O–H groups in total. The van der Waals surface area contributed by atoms with Gasteiger partial charge >= 0.3 is 5.97 Å². The van der Waals surface area contributed by atoms with Gasteiger partial charge in [0.1, 0.15) is 0 Å². The number of rotatable bonds is 10. The Morgan fingerprint density at radius 2 is 1.68 bits per heavy atom. The van der Waals surface area contributed by atoms with Gasteiger partial charge in [-0.05, 0) is 66.6 Å². The monoisotopic (exact) mass is 596 g/mol. The number of nitrogens with zero attached hydrogens (tertiary/aromatic N) is 1. The predicted molar refractivity (Wildman–Crippen MR) is 170 cm³/mol. The summed E-state index contributed by atoms with van der Waals surface area (Å²) in [5.41, 5.74) is 4.38. The molecule has 1 aliphatic heterocycles. The third-order valence-corrected chi connectivity index (χ3v) is 8.16. The minimum Gasteiger partial charge on any atom is -0.453 e. The fourth-order valence-electron chi connectivity index (χ4n) is 5.54. The summed E-state index contributed by atoms with van der Waals surface area (Å²) in [6.07, 6.45) is -1.33. The molecule has 5 rings (SSSR count). The Morgan fingerprint density at radius 3 is 2.41 bits per heavy atom. The maximum atomic E-state index is 12.6. The summed E-state index contributed by atoms with van der Waals surface area (Å²) in [5, 5.41) is 14.8. The van der Waals surface area contributed by atoms with Gasteiger partial charge in [-0.25, -0.2) is 0 Å². The number of hydrogen-bond acceptors (Lipinski definition) is 7. The maximum absolute atomic E-state index is 12.6. The van der Waals surface area contributed by atoms with Crippen LogP contribution in [0.4, 0.5) is 5.69 Å². The van der Waals surface area contributed by atoms with Crippen LogP contribution in [0.3, 0.4) is 0 Å². The van der Waals surface area contributed by atoms with Crippen LogP contribution in [0.15, 0.2) is 91.0 Å². The van der Waals surface area contributed by atoms with Crippen LogP contribution in [0.2, 0.25) is 0 Å². The highest BCUT2D eigenvalue weighted by atomic mass is 16.7. The summed E-state index contributed by atoms with van der Waals surface area (Å²) in [6.45, 7) is 5.66. The number of benzene rings is 4. The molecule has 0 radical (unpaired) electrons. The molecule has 0 aliphatic carbocycles. The number of hydrogen-bond donors (Lipinski definition) is 2. The van der Waals surface area contributed by atoms with Gasteiger partial charge in [-0.15, -0.1) is 0 Å². The van der Waals surface area contributed by atoms with E-state index in [4.69, 9.17) is 14.2 Å². The molecule has 4 aromatic carbocycles. The fraction of sp³-hybridized carbons (Fsp3) is 0.333. The summed E-state index contributed by atoms with van der Waals surface area (Å²) in [5.74, 6) is -0.943. The standard InChI is InChI=1S/C36H40N2O6/c1-23(29-17-16-27-8-5-6-9-30(27)18-29)38(4)21-33-20-34(28-14-12-26(22-39)13-15-28)44-36(43-33)31-10-7-11-32(19-31)37-35(41)24(2)42-25(3)40/h5-19,23-24,33-34,36,39H,20-22H2,1-4H3,(H,37,41). The first-order valence-corrected chi connectivity index (χ1v) is 15.0. The molecule has 1 saturated heterocycles. The van der Waals surface area contributed by atoms with E-state index in [2.05, 4.69) is 66.7 Å². The van der Waals surface area contributed by atoms with E-state index in [1.165, 1.54) is 30.2 Å². The van der Waals surface area contributed by atoms with Gasteiger partial charge in [0, 0.05) is 37.2 Å².